The van der Waals surface area contributed by atoms with Gasteiger partial charge in [0.1, 0.15) is 24.1 Å². The minimum absolute atomic E-state index is 0.0305. The monoisotopic (exact) mass is 783 g/mol. The van der Waals surface area contributed by atoms with Crippen LogP contribution in [-0.2, 0) is 16.1 Å². The first-order valence-electron chi connectivity index (χ1n) is 20.5. The molecule has 10 heteroatoms. The van der Waals surface area contributed by atoms with Crippen LogP contribution in [0.3, 0.4) is 0 Å². The Bertz CT molecular complexity index is 2190. The number of aliphatic hydroxyl groups is 2. The standard InChI is InChI=1S/C48H53N3O7/c1-3-26-56-48-44(51(47(55)34-20-18-32(30-49)19-21-34)31-36-15-11-14-33-12-5-6-16-38(33)36)29-42(50-57-4-2)40-27-35(13-7-9-24-52)39(17-8-10-25-53)45(46(40)48)41-28-37(54)22-23-43(41)58-48/h3,5-6,11-12,14-16,18-23,27-28,35,39,44-46,52-54H,1,4,7-10,13,17,24-26,29,31H2,2H3/t35-,39+,44-,45+,46+,48+/m0/s1. The van der Waals surface area contributed by atoms with Crippen molar-refractivity contribution >= 4 is 22.4 Å². The summed E-state index contributed by atoms with van der Waals surface area (Å²) in [5.41, 5.74) is 4.28. The number of benzene rings is 4. The fourth-order valence-electron chi connectivity index (χ4n) is 9.59. The highest BCUT2D eigenvalue weighted by molar-refractivity contribution is 6.03. The van der Waals surface area contributed by atoms with Gasteiger partial charge in [0.25, 0.3) is 5.91 Å². The van der Waals surface area contributed by atoms with Crippen molar-refractivity contribution in [3.8, 4) is 17.6 Å². The lowest BCUT2D eigenvalue weighted by Crippen LogP contribution is -2.70. The number of ether oxygens (including phenoxy) is 2. The summed E-state index contributed by atoms with van der Waals surface area (Å²) in [4.78, 5) is 23.0. The van der Waals surface area contributed by atoms with E-state index >= 15 is 4.79 Å². The molecule has 7 rings (SSSR count). The van der Waals surface area contributed by atoms with E-state index < -0.39 is 17.7 Å². The third-order valence-electron chi connectivity index (χ3n) is 12.1. The molecular formula is C48H53N3O7. The Morgan fingerprint density at radius 3 is 2.52 bits per heavy atom. The molecule has 1 aliphatic heterocycles. The molecule has 1 amide bonds. The van der Waals surface area contributed by atoms with Crippen molar-refractivity contribution in [2.75, 3.05) is 26.4 Å². The van der Waals surface area contributed by atoms with E-state index in [9.17, 15) is 20.6 Å². The van der Waals surface area contributed by atoms with Gasteiger partial charge in [-0.3, -0.25) is 4.79 Å². The van der Waals surface area contributed by atoms with E-state index in [1.165, 1.54) is 0 Å². The first kappa shape index (κ1) is 40.7. The number of aromatic hydroxyl groups is 1. The Morgan fingerprint density at radius 2 is 1.78 bits per heavy atom. The second-order valence-corrected chi connectivity index (χ2v) is 15.5. The Labute approximate surface area is 340 Å². The average molecular weight is 784 g/mol. The van der Waals surface area contributed by atoms with Crippen molar-refractivity contribution < 1.29 is 34.4 Å². The number of rotatable bonds is 17. The summed E-state index contributed by atoms with van der Waals surface area (Å²) in [6, 6.07) is 27.5. The first-order chi connectivity index (χ1) is 28.4. The largest absolute Gasteiger partial charge is 0.508 e. The van der Waals surface area contributed by atoms with E-state index in [0.717, 1.165) is 53.2 Å². The number of phenolic OH excluding ortho intramolecular Hbond substituents is 1. The molecule has 0 spiro atoms. The van der Waals surface area contributed by atoms with Crippen LogP contribution in [-0.4, -0.2) is 70.1 Å². The molecule has 10 nitrogen and oxygen atoms in total. The van der Waals surface area contributed by atoms with Crippen LogP contribution < -0.4 is 4.74 Å². The summed E-state index contributed by atoms with van der Waals surface area (Å²) in [5.74, 6) is -1.69. The van der Waals surface area contributed by atoms with Crippen molar-refractivity contribution in [3.63, 3.8) is 0 Å². The van der Waals surface area contributed by atoms with Gasteiger partial charge < -0.3 is 34.5 Å². The molecule has 0 saturated heterocycles. The molecule has 0 bridgehead atoms. The van der Waals surface area contributed by atoms with Crippen LogP contribution in [0.2, 0.25) is 0 Å². The number of carbonyl (C=O) groups excluding carboxylic acids is 1. The number of carbonyl (C=O) groups is 1. The predicted octanol–water partition coefficient (Wildman–Crippen LogP) is 8.41. The number of unbranched alkanes of at least 4 members (excludes halogenated alkanes) is 2. The van der Waals surface area contributed by atoms with Gasteiger partial charge in [-0.15, -0.1) is 6.58 Å². The fraction of sp³-hybridized carbons (Fsp3) is 0.396. The highest BCUT2D eigenvalue weighted by Gasteiger charge is 2.65. The van der Waals surface area contributed by atoms with E-state index in [1.54, 1.807) is 48.5 Å². The Hall–Kier alpha value is -5.47. The van der Waals surface area contributed by atoms with Crippen molar-refractivity contribution in [2.24, 2.45) is 22.9 Å². The molecule has 4 aromatic rings. The van der Waals surface area contributed by atoms with Gasteiger partial charge in [-0.25, -0.2) is 0 Å². The molecule has 3 aliphatic rings. The molecule has 0 unspecified atom stereocenters. The summed E-state index contributed by atoms with van der Waals surface area (Å²) in [5, 5.41) is 47.2. The molecule has 58 heavy (non-hydrogen) atoms. The zero-order valence-electron chi connectivity index (χ0n) is 33.1. The van der Waals surface area contributed by atoms with Gasteiger partial charge in [-0.2, -0.15) is 5.26 Å². The molecule has 1 fully saturated rings. The zero-order valence-corrected chi connectivity index (χ0v) is 33.1. The molecule has 4 aromatic carbocycles. The molecule has 3 N–H and O–H groups in total. The minimum Gasteiger partial charge on any atom is -0.508 e. The molecular weight excluding hydrogens is 731 g/mol. The summed E-state index contributed by atoms with van der Waals surface area (Å²) >= 11 is 0. The average Bonchev–Trinajstić information content (AvgIpc) is 3.25. The van der Waals surface area contributed by atoms with Gasteiger partial charge in [0.2, 0.25) is 5.79 Å². The van der Waals surface area contributed by atoms with Gasteiger partial charge in [0, 0.05) is 43.2 Å². The highest BCUT2D eigenvalue weighted by atomic mass is 16.7. The van der Waals surface area contributed by atoms with Crippen LogP contribution in [0.1, 0.15) is 84.8 Å². The Balaban J connectivity index is 1.49. The quantitative estimate of drug-likeness (QED) is 0.0550. The number of allylic oxidation sites excluding steroid dienone is 1. The van der Waals surface area contributed by atoms with Gasteiger partial charge >= 0.3 is 0 Å². The summed E-state index contributed by atoms with van der Waals surface area (Å²) < 4.78 is 14.4. The van der Waals surface area contributed by atoms with E-state index in [-0.39, 0.29) is 62.2 Å². The number of amides is 1. The second-order valence-electron chi connectivity index (χ2n) is 15.5. The lowest BCUT2D eigenvalue weighted by atomic mass is 9.55. The van der Waals surface area contributed by atoms with E-state index in [4.69, 9.17) is 19.5 Å². The summed E-state index contributed by atoms with van der Waals surface area (Å²) in [7, 11) is 0. The van der Waals surface area contributed by atoms with Crippen molar-refractivity contribution in [3.05, 3.63) is 131 Å². The number of phenols is 1. The maximum absolute atomic E-state index is 15.3. The third-order valence-corrected chi connectivity index (χ3v) is 12.1. The van der Waals surface area contributed by atoms with Crippen molar-refractivity contribution in [2.45, 2.75) is 76.2 Å². The Kier molecular flexibility index (Phi) is 12.9. The zero-order chi connectivity index (χ0) is 40.6. The van der Waals surface area contributed by atoms with Gasteiger partial charge in [-0.1, -0.05) is 72.6 Å². The number of oxime groups is 1. The molecule has 1 saturated carbocycles. The van der Waals surface area contributed by atoms with Gasteiger partial charge in [0.05, 0.1) is 29.9 Å². The topological polar surface area (TPSA) is 145 Å². The SMILES string of the molecule is C=CCO[C@@]12Oc3ccc(O)cc3[C@H]3[C@H](CCCCO)[C@@H](CCCCO)C=C(C(=NOCC)C[C@@H]1N(Cc1cccc4ccccc14)C(=O)c1ccc(C#N)cc1)[C@H]32. The third kappa shape index (κ3) is 7.99. The van der Waals surface area contributed by atoms with Crippen LogP contribution in [0.15, 0.2) is 114 Å². The van der Waals surface area contributed by atoms with Gasteiger partial charge in [0.15, 0.2) is 0 Å². The summed E-state index contributed by atoms with van der Waals surface area (Å²) in [6.07, 6.45) is 8.77. The highest BCUT2D eigenvalue weighted by Crippen LogP contribution is 2.62. The summed E-state index contributed by atoms with van der Waals surface area (Å²) in [6.45, 7) is 6.78. The Morgan fingerprint density at radius 1 is 1.02 bits per heavy atom. The van der Waals surface area contributed by atoms with E-state index in [0.29, 0.717) is 42.0 Å². The number of fused-ring (bicyclic) bond motifs is 3. The van der Waals surface area contributed by atoms with Crippen LogP contribution >= 0.6 is 0 Å². The lowest BCUT2D eigenvalue weighted by molar-refractivity contribution is -0.255. The van der Waals surface area contributed by atoms with Crippen LogP contribution in [0.4, 0.5) is 0 Å². The molecule has 1 heterocycles. The molecule has 302 valence electrons. The maximum atomic E-state index is 15.3. The predicted molar refractivity (Wildman–Crippen MR) is 223 cm³/mol. The number of hydrogen-bond acceptors (Lipinski definition) is 9. The van der Waals surface area contributed by atoms with Crippen molar-refractivity contribution in [1.82, 2.24) is 4.90 Å². The van der Waals surface area contributed by atoms with E-state index in [2.05, 4.69) is 36.9 Å². The number of nitriles is 1. The number of nitrogens with zero attached hydrogens (tertiary/aromatic N) is 3. The smallest absolute Gasteiger partial charge is 0.254 e. The number of aliphatic hydroxyl groups excluding tert-OH is 2. The first-order valence-corrected chi connectivity index (χ1v) is 20.5. The lowest BCUT2D eigenvalue weighted by Gasteiger charge is -2.60. The molecule has 0 radical (unpaired) electrons. The maximum Gasteiger partial charge on any atom is 0.254 e. The van der Waals surface area contributed by atoms with Crippen LogP contribution in [0, 0.1) is 29.1 Å². The second kappa shape index (κ2) is 18.4. The number of hydrogen-bond donors (Lipinski definition) is 3. The minimum atomic E-state index is -1.46. The molecule has 6 atom stereocenters. The fourth-order valence-corrected chi connectivity index (χ4v) is 9.59. The van der Waals surface area contributed by atoms with E-state index in [1.807, 2.05) is 36.1 Å². The molecule has 2 aliphatic carbocycles. The molecule has 0 aromatic heterocycles. The van der Waals surface area contributed by atoms with Crippen LogP contribution in [0.5, 0.6) is 11.5 Å². The van der Waals surface area contributed by atoms with Gasteiger partial charge in [-0.05, 0) is 109 Å². The van der Waals surface area contributed by atoms with Crippen molar-refractivity contribution in [1.29, 1.82) is 5.26 Å². The van der Waals surface area contributed by atoms with Crippen LogP contribution in [0.25, 0.3) is 10.8 Å². The normalized spacial score (nSPS) is 23.9.